The van der Waals surface area contributed by atoms with E-state index in [9.17, 15) is 13.9 Å². The minimum absolute atomic E-state index is 0.00369. The Kier molecular flexibility index (Phi) is 4.64. The van der Waals surface area contributed by atoms with Crippen LogP contribution in [0.1, 0.15) is 19.4 Å². The van der Waals surface area contributed by atoms with E-state index in [1.54, 1.807) is 6.92 Å². The Labute approximate surface area is 121 Å². The fourth-order valence-electron chi connectivity index (χ4n) is 2.33. The minimum atomic E-state index is -1.58. The molecule has 2 unspecified atom stereocenters. The molecule has 0 aliphatic carbocycles. The highest BCUT2D eigenvalue weighted by Crippen LogP contribution is 2.29. The first-order chi connectivity index (χ1) is 9.97. The molecule has 0 spiro atoms. The van der Waals surface area contributed by atoms with Gasteiger partial charge in [-0.2, -0.15) is 5.10 Å². The second-order valence-electron chi connectivity index (χ2n) is 4.92. The third-order valence-corrected chi connectivity index (χ3v) is 3.49. The molecule has 0 aliphatic rings. The van der Waals surface area contributed by atoms with Crippen molar-refractivity contribution in [1.82, 2.24) is 20.1 Å². The lowest BCUT2D eigenvalue weighted by Gasteiger charge is -2.35. The van der Waals surface area contributed by atoms with Crippen molar-refractivity contribution < 1.29 is 13.9 Å². The number of likely N-dealkylation sites (N-methyl/N-ethyl adjacent to an activating group) is 1. The van der Waals surface area contributed by atoms with Gasteiger partial charge in [0.2, 0.25) is 0 Å². The van der Waals surface area contributed by atoms with Gasteiger partial charge in [0.1, 0.15) is 29.9 Å². The van der Waals surface area contributed by atoms with Crippen LogP contribution in [-0.4, -0.2) is 32.5 Å². The molecule has 0 saturated heterocycles. The van der Waals surface area contributed by atoms with Crippen molar-refractivity contribution >= 4 is 0 Å². The molecule has 2 aromatic rings. The van der Waals surface area contributed by atoms with Crippen molar-refractivity contribution in [1.29, 1.82) is 0 Å². The molecule has 0 amide bonds. The van der Waals surface area contributed by atoms with Crippen LogP contribution in [0.5, 0.6) is 0 Å². The highest BCUT2D eigenvalue weighted by atomic mass is 19.1. The van der Waals surface area contributed by atoms with Crippen molar-refractivity contribution in [2.45, 2.75) is 32.0 Å². The topological polar surface area (TPSA) is 63.0 Å². The number of nitrogens with zero attached hydrogens (tertiary/aromatic N) is 3. The number of aliphatic hydroxyl groups is 1. The SMILES string of the molecule is CCNC(C)C(O)(Cn1cncn1)c1ccc(F)cc1F. The molecule has 0 bridgehead atoms. The van der Waals surface area contributed by atoms with Gasteiger partial charge in [-0.3, -0.25) is 0 Å². The van der Waals surface area contributed by atoms with E-state index >= 15 is 0 Å². The molecule has 1 aromatic heterocycles. The van der Waals surface area contributed by atoms with Crippen LogP contribution in [0.25, 0.3) is 0 Å². The Morgan fingerprint density at radius 3 is 2.76 bits per heavy atom. The summed E-state index contributed by atoms with van der Waals surface area (Å²) < 4.78 is 28.6. The molecule has 5 nitrogen and oxygen atoms in total. The van der Waals surface area contributed by atoms with Gasteiger partial charge in [0.15, 0.2) is 0 Å². The quantitative estimate of drug-likeness (QED) is 0.847. The summed E-state index contributed by atoms with van der Waals surface area (Å²) >= 11 is 0. The van der Waals surface area contributed by atoms with Gasteiger partial charge in [0.05, 0.1) is 6.54 Å². The van der Waals surface area contributed by atoms with Crippen LogP contribution in [0.4, 0.5) is 8.78 Å². The third kappa shape index (κ3) is 3.25. The molecule has 7 heteroatoms. The fraction of sp³-hybridized carbons (Fsp3) is 0.429. The third-order valence-electron chi connectivity index (χ3n) is 3.49. The molecule has 2 N–H and O–H groups in total. The van der Waals surface area contributed by atoms with Crippen LogP contribution in [-0.2, 0) is 12.1 Å². The van der Waals surface area contributed by atoms with Crippen LogP contribution in [0.3, 0.4) is 0 Å². The molecule has 21 heavy (non-hydrogen) atoms. The predicted octanol–water partition coefficient (Wildman–Crippen LogP) is 1.44. The lowest BCUT2D eigenvalue weighted by Crippen LogP contribution is -2.50. The zero-order valence-corrected chi connectivity index (χ0v) is 11.9. The van der Waals surface area contributed by atoms with Crippen molar-refractivity contribution in [3.63, 3.8) is 0 Å². The normalized spacial score (nSPS) is 15.7. The maximum Gasteiger partial charge on any atom is 0.137 e. The summed E-state index contributed by atoms with van der Waals surface area (Å²) in [4.78, 5) is 3.81. The number of hydrogen-bond acceptors (Lipinski definition) is 4. The second kappa shape index (κ2) is 6.28. The molecule has 0 radical (unpaired) electrons. The van der Waals surface area contributed by atoms with E-state index in [0.717, 1.165) is 12.1 Å². The number of hydrogen-bond donors (Lipinski definition) is 2. The summed E-state index contributed by atoms with van der Waals surface area (Å²) in [5.74, 6) is -1.47. The van der Waals surface area contributed by atoms with E-state index in [1.165, 1.54) is 23.4 Å². The Hall–Kier alpha value is -1.86. The van der Waals surface area contributed by atoms with E-state index in [-0.39, 0.29) is 12.1 Å². The van der Waals surface area contributed by atoms with Crippen LogP contribution >= 0.6 is 0 Å². The number of nitrogens with one attached hydrogen (secondary N) is 1. The number of halogens is 2. The lowest BCUT2D eigenvalue weighted by atomic mass is 9.86. The minimum Gasteiger partial charge on any atom is -0.381 e. The molecule has 0 saturated carbocycles. The Morgan fingerprint density at radius 2 is 2.19 bits per heavy atom. The van der Waals surface area contributed by atoms with Gasteiger partial charge >= 0.3 is 0 Å². The number of benzene rings is 1. The first-order valence-corrected chi connectivity index (χ1v) is 6.71. The molecule has 2 rings (SSSR count). The first-order valence-electron chi connectivity index (χ1n) is 6.71. The summed E-state index contributed by atoms with van der Waals surface area (Å²) in [5, 5.41) is 18.0. The summed E-state index contributed by atoms with van der Waals surface area (Å²) in [5.41, 5.74) is -1.56. The maximum absolute atomic E-state index is 14.1. The van der Waals surface area contributed by atoms with Gasteiger partial charge in [0, 0.05) is 17.7 Å². The van der Waals surface area contributed by atoms with E-state index in [2.05, 4.69) is 15.4 Å². The average Bonchev–Trinajstić information content (AvgIpc) is 2.91. The first kappa shape index (κ1) is 15.5. The van der Waals surface area contributed by atoms with E-state index < -0.39 is 23.3 Å². The summed E-state index contributed by atoms with van der Waals surface area (Å²) in [6, 6.07) is 2.69. The number of rotatable bonds is 6. The van der Waals surface area contributed by atoms with Gasteiger partial charge in [-0.15, -0.1) is 0 Å². The van der Waals surface area contributed by atoms with Gasteiger partial charge in [-0.05, 0) is 19.5 Å². The van der Waals surface area contributed by atoms with Crippen LogP contribution in [0.2, 0.25) is 0 Å². The van der Waals surface area contributed by atoms with E-state index in [4.69, 9.17) is 0 Å². The lowest BCUT2D eigenvalue weighted by molar-refractivity contribution is -0.0195. The molecule has 2 atom stereocenters. The molecule has 1 aromatic carbocycles. The van der Waals surface area contributed by atoms with Crippen molar-refractivity contribution in [2.24, 2.45) is 0 Å². The van der Waals surface area contributed by atoms with Gasteiger partial charge in [-0.25, -0.2) is 18.4 Å². The summed E-state index contributed by atoms with van der Waals surface area (Å²) in [6.07, 6.45) is 2.77. The Bertz CT molecular complexity index is 591. The molecular weight excluding hydrogens is 278 g/mol. The maximum atomic E-state index is 14.1. The van der Waals surface area contributed by atoms with Crippen LogP contribution in [0, 0.1) is 11.6 Å². The fourth-order valence-corrected chi connectivity index (χ4v) is 2.33. The van der Waals surface area contributed by atoms with Crippen molar-refractivity contribution in [3.05, 3.63) is 48.1 Å². The monoisotopic (exact) mass is 296 g/mol. The molecule has 0 aliphatic heterocycles. The van der Waals surface area contributed by atoms with Gasteiger partial charge < -0.3 is 10.4 Å². The van der Waals surface area contributed by atoms with E-state index in [1.807, 2.05) is 6.92 Å². The molecule has 0 fully saturated rings. The standard InChI is InChI=1S/C14H18F2N4O/c1-3-18-10(2)14(21,7-20-9-17-8-19-20)12-5-4-11(15)6-13(12)16/h4-6,8-10,18,21H,3,7H2,1-2H3. The zero-order valence-electron chi connectivity index (χ0n) is 11.9. The largest absolute Gasteiger partial charge is 0.381 e. The molecular formula is C14H18F2N4O. The van der Waals surface area contributed by atoms with Crippen molar-refractivity contribution in [3.8, 4) is 0 Å². The van der Waals surface area contributed by atoms with Crippen LogP contribution < -0.4 is 5.32 Å². The second-order valence-corrected chi connectivity index (χ2v) is 4.92. The highest BCUT2D eigenvalue weighted by molar-refractivity contribution is 5.27. The van der Waals surface area contributed by atoms with Crippen LogP contribution in [0.15, 0.2) is 30.9 Å². The summed E-state index contributed by atoms with van der Waals surface area (Å²) in [6.45, 7) is 4.23. The molecule has 1 heterocycles. The number of aromatic nitrogens is 3. The molecule has 114 valence electrons. The van der Waals surface area contributed by atoms with Gasteiger partial charge in [0.25, 0.3) is 0 Å². The summed E-state index contributed by atoms with van der Waals surface area (Å²) in [7, 11) is 0. The average molecular weight is 296 g/mol. The predicted molar refractivity (Wildman–Crippen MR) is 73.4 cm³/mol. The highest BCUT2D eigenvalue weighted by Gasteiger charge is 2.38. The van der Waals surface area contributed by atoms with Crippen molar-refractivity contribution in [2.75, 3.05) is 6.54 Å². The van der Waals surface area contributed by atoms with Gasteiger partial charge in [-0.1, -0.05) is 13.0 Å². The Morgan fingerprint density at radius 1 is 1.43 bits per heavy atom. The van der Waals surface area contributed by atoms with E-state index in [0.29, 0.717) is 6.54 Å². The smallest absolute Gasteiger partial charge is 0.137 e. The zero-order chi connectivity index (χ0) is 15.5. The Balaban J connectivity index is 2.43.